The van der Waals surface area contributed by atoms with Crippen molar-refractivity contribution in [2.75, 3.05) is 27.2 Å². The van der Waals surface area contributed by atoms with Crippen molar-refractivity contribution in [1.82, 2.24) is 15.1 Å². The molecule has 3 aromatic rings. The Morgan fingerprint density at radius 2 is 1.81 bits per heavy atom. The van der Waals surface area contributed by atoms with Gasteiger partial charge in [0.15, 0.2) is 0 Å². The lowest BCUT2D eigenvalue weighted by Gasteiger charge is -2.20. The minimum absolute atomic E-state index is 0.0205. The van der Waals surface area contributed by atoms with Crippen LogP contribution < -0.4 is 10.1 Å². The molecule has 0 fully saturated rings. The zero-order chi connectivity index (χ0) is 25.8. The van der Waals surface area contributed by atoms with Crippen molar-refractivity contribution in [3.63, 3.8) is 0 Å². The summed E-state index contributed by atoms with van der Waals surface area (Å²) >= 11 is 1.59. The van der Waals surface area contributed by atoms with Crippen molar-refractivity contribution in [3.05, 3.63) is 74.5 Å². The van der Waals surface area contributed by atoms with Crippen molar-refractivity contribution < 1.29 is 24.5 Å². The third-order valence-electron chi connectivity index (χ3n) is 6.14. The van der Waals surface area contributed by atoms with Crippen LogP contribution in [0.25, 0.3) is 0 Å². The number of ether oxygens (including phenoxy) is 1. The zero-order valence-corrected chi connectivity index (χ0v) is 21.5. The Bertz CT molecular complexity index is 1270. The fraction of sp³-hybridized carbons (Fsp3) is 0.333. The highest BCUT2D eigenvalue weighted by Gasteiger charge is 2.28. The van der Waals surface area contributed by atoms with E-state index in [-0.39, 0.29) is 22.6 Å². The maximum absolute atomic E-state index is 13.3. The molecule has 0 bridgehead atoms. The first-order valence-corrected chi connectivity index (χ1v) is 12.6. The predicted molar refractivity (Wildman–Crippen MR) is 139 cm³/mol. The first kappa shape index (κ1) is 25.5. The molecule has 0 aliphatic carbocycles. The Balaban J connectivity index is 1.48. The van der Waals surface area contributed by atoms with Crippen LogP contribution in [0.4, 0.5) is 0 Å². The molecule has 1 aromatic heterocycles. The number of nitrogens with one attached hydrogen (secondary N) is 1. The molecule has 1 aliphatic heterocycles. The van der Waals surface area contributed by atoms with E-state index in [1.807, 2.05) is 44.3 Å². The van der Waals surface area contributed by atoms with Gasteiger partial charge < -0.3 is 30.1 Å². The van der Waals surface area contributed by atoms with Gasteiger partial charge in [0.05, 0.1) is 24.3 Å². The van der Waals surface area contributed by atoms with E-state index in [0.717, 1.165) is 45.7 Å². The van der Waals surface area contributed by atoms with E-state index >= 15 is 0 Å². The van der Waals surface area contributed by atoms with Crippen LogP contribution in [0.1, 0.15) is 48.0 Å². The van der Waals surface area contributed by atoms with Crippen LogP contribution in [-0.2, 0) is 19.6 Å². The molecule has 2 heterocycles. The molecule has 0 saturated heterocycles. The molecular weight excluding hydrogens is 478 g/mol. The lowest BCUT2D eigenvalue weighted by Crippen LogP contribution is -2.28. The van der Waals surface area contributed by atoms with Crippen LogP contribution >= 0.6 is 11.3 Å². The number of phenolic OH excluding ortho intramolecular Hbond substituents is 2. The van der Waals surface area contributed by atoms with Crippen LogP contribution in [0, 0.1) is 6.92 Å². The number of nitrogens with zero attached hydrogens (tertiary/aromatic N) is 2. The Labute approximate surface area is 214 Å². The molecule has 4 rings (SSSR count). The van der Waals surface area contributed by atoms with Gasteiger partial charge in [0.25, 0.3) is 11.8 Å². The van der Waals surface area contributed by atoms with Gasteiger partial charge in [-0.2, -0.15) is 0 Å². The van der Waals surface area contributed by atoms with Crippen LogP contribution in [0.3, 0.4) is 0 Å². The maximum atomic E-state index is 13.3. The fourth-order valence-electron chi connectivity index (χ4n) is 4.21. The molecule has 9 heteroatoms. The van der Waals surface area contributed by atoms with E-state index < -0.39 is 11.8 Å². The Hall–Kier alpha value is -3.56. The van der Waals surface area contributed by atoms with Crippen LogP contribution in [-0.4, -0.2) is 59.1 Å². The molecule has 36 heavy (non-hydrogen) atoms. The number of phenols is 2. The summed E-state index contributed by atoms with van der Waals surface area (Å²) in [7, 11) is 3.54. The molecule has 0 saturated carbocycles. The van der Waals surface area contributed by atoms with Gasteiger partial charge in [-0.25, -0.2) is 0 Å². The van der Waals surface area contributed by atoms with Gasteiger partial charge >= 0.3 is 0 Å². The second-order valence-corrected chi connectivity index (χ2v) is 10.3. The Morgan fingerprint density at radius 1 is 1.06 bits per heavy atom. The Morgan fingerprint density at radius 3 is 2.53 bits per heavy atom. The van der Waals surface area contributed by atoms with Crippen LogP contribution in [0.2, 0.25) is 0 Å². The first-order chi connectivity index (χ1) is 17.3. The summed E-state index contributed by atoms with van der Waals surface area (Å²) in [6.07, 6.45) is 0.890. The molecule has 2 amide bonds. The molecule has 8 nitrogen and oxygen atoms in total. The number of amides is 2. The SMILES string of the molecule is CNCCCOc1ccc2c(c1)CN(C(=O)c1cc(C(=O)N(C)Cc3ccc(C)s3)c(O)cc1O)C2. The lowest BCUT2D eigenvalue weighted by atomic mass is 10.1. The van der Waals surface area contributed by atoms with Crippen molar-refractivity contribution in [2.24, 2.45) is 0 Å². The number of rotatable bonds is 9. The van der Waals surface area contributed by atoms with Gasteiger partial charge in [-0.05, 0) is 68.4 Å². The molecule has 0 unspecified atom stereocenters. The predicted octanol–water partition coefficient (Wildman–Crippen LogP) is 3.88. The summed E-state index contributed by atoms with van der Waals surface area (Å²) in [6, 6.07) is 12.1. The van der Waals surface area contributed by atoms with Crippen LogP contribution in [0.5, 0.6) is 17.2 Å². The molecular formula is C27H31N3O5S. The molecule has 1 aliphatic rings. The molecule has 0 spiro atoms. The summed E-state index contributed by atoms with van der Waals surface area (Å²) in [5.41, 5.74) is 1.94. The maximum Gasteiger partial charge on any atom is 0.258 e. The van der Waals surface area contributed by atoms with E-state index in [1.54, 1.807) is 23.3 Å². The fourth-order valence-corrected chi connectivity index (χ4v) is 5.16. The summed E-state index contributed by atoms with van der Waals surface area (Å²) < 4.78 is 5.80. The van der Waals surface area contributed by atoms with Gasteiger partial charge in [0.1, 0.15) is 17.2 Å². The van der Waals surface area contributed by atoms with E-state index in [0.29, 0.717) is 26.2 Å². The zero-order valence-electron chi connectivity index (χ0n) is 20.7. The third-order valence-corrected chi connectivity index (χ3v) is 7.12. The largest absolute Gasteiger partial charge is 0.507 e. The minimum atomic E-state index is -0.433. The molecule has 190 valence electrons. The van der Waals surface area contributed by atoms with Gasteiger partial charge in [-0.15, -0.1) is 11.3 Å². The standard InChI is InChI=1S/C27H31N3O5S/c1-17-5-8-21(36-17)16-29(3)26(33)22-12-23(25(32)13-24(22)31)27(34)30-14-18-6-7-20(11-19(18)15-30)35-10-4-9-28-2/h5-8,11-13,28,31-32H,4,9-10,14-16H2,1-3H3. The number of hydrogen-bond acceptors (Lipinski definition) is 7. The first-order valence-electron chi connectivity index (χ1n) is 11.8. The van der Waals surface area contributed by atoms with Gasteiger partial charge in [-0.3, -0.25) is 9.59 Å². The van der Waals surface area contributed by atoms with E-state index in [9.17, 15) is 19.8 Å². The van der Waals surface area contributed by atoms with Crippen molar-refractivity contribution in [3.8, 4) is 17.2 Å². The number of carbonyl (C=O) groups excluding carboxylic acids is 2. The molecule has 2 aromatic carbocycles. The smallest absolute Gasteiger partial charge is 0.258 e. The number of aryl methyl sites for hydroxylation is 1. The van der Waals surface area contributed by atoms with E-state index in [1.165, 1.54) is 11.0 Å². The minimum Gasteiger partial charge on any atom is -0.507 e. The Kier molecular flexibility index (Phi) is 7.81. The quantitative estimate of drug-likeness (QED) is 0.379. The number of fused-ring (bicyclic) bond motifs is 1. The highest BCUT2D eigenvalue weighted by molar-refractivity contribution is 7.11. The highest BCUT2D eigenvalue weighted by Crippen LogP contribution is 2.33. The number of aromatic hydroxyl groups is 2. The normalized spacial score (nSPS) is 12.5. The molecule has 0 atom stereocenters. The summed E-state index contributed by atoms with van der Waals surface area (Å²) in [5.74, 6) is -0.824. The summed E-state index contributed by atoms with van der Waals surface area (Å²) in [6.45, 7) is 4.59. The van der Waals surface area contributed by atoms with Gasteiger partial charge in [-0.1, -0.05) is 6.07 Å². The number of carbonyl (C=O) groups is 2. The van der Waals surface area contributed by atoms with E-state index in [4.69, 9.17) is 4.74 Å². The molecule has 0 radical (unpaired) electrons. The van der Waals surface area contributed by atoms with E-state index in [2.05, 4.69) is 5.32 Å². The molecule has 3 N–H and O–H groups in total. The lowest BCUT2D eigenvalue weighted by molar-refractivity contribution is 0.0748. The average molecular weight is 510 g/mol. The average Bonchev–Trinajstić information content (AvgIpc) is 3.46. The van der Waals surface area contributed by atoms with Crippen LogP contribution in [0.15, 0.2) is 42.5 Å². The topological polar surface area (TPSA) is 102 Å². The number of hydrogen-bond donors (Lipinski definition) is 3. The van der Waals surface area contributed by atoms with Gasteiger partial charge in [0, 0.05) is 36.0 Å². The number of benzene rings is 2. The summed E-state index contributed by atoms with van der Waals surface area (Å²) in [4.78, 5) is 31.7. The highest BCUT2D eigenvalue weighted by atomic mass is 32.1. The van der Waals surface area contributed by atoms with Crippen molar-refractivity contribution in [1.29, 1.82) is 0 Å². The third kappa shape index (κ3) is 5.63. The number of thiophene rings is 1. The monoisotopic (exact) mass is 509 g/mol. The van der Waals surface area contributed by atoms with Gasteiger partial charge in [0.2, 0.25) is 0 Å². The second kappa shape index (κ2) is 11.0. The summed E-state index contributed by atoms with van der Waals surface area (Å²) in [5, 5.41) is 23.9. The van der Waals surface area contributed by atoms with Crippen molar-refractivity contribution in [2.45, 2.75) is 33.0 Å². The second-order valence-electron chi connectivity index (χ2n) is 8.96. The van der Waals surface area contributed by atoms with Crippen molar-refractivity contribution >= 4 is 23.2 Å².